The van der Waals surface area contributed by atoms with Gasteiger partial charge in [0.1, 0.15) is 23.9 Å². The third kappa shape index (κ3) is 4.51. The largest absolute Gasteiger partial charge is 0.497 e. The molecule has 1 atom stereocenters. The van der Waals surface area contributed by atoms with Gasteiger partial charge in [0.25, 0.3) is 0 Å². The van der Waals surface area contributed by atoms with Gasteiger partial charge in [-0.15, -0.1) is 0 Å². The Morgan fingerprint density at radius 1 is 1.00 bits per heavy atom. The van der Waals surface area contributed by atoms with Crippen molar-refractivity contribution in [1.29, 1.82) is 0 Å². The zero-order valence-electron chi connectivity index (χ0n) is 16.7. The molecule has 0 amide bonds. The van der Waals surface area contributed by atoms with E-state index >= 15 is 0 Å². The monoisotopic (exact) mass is 385 g/mol. The Bertz CT molecular complexity index is 738. The SMILES string of the molecule is COc1ccc(N2CCN(C3CCCN(Cc4ccc(CO)o4)C3)CC2)cc1. The van der Waals surface area contributed by atoms with E-state index in [4.69, 9.17) is 9.15 Å². The highest BCUT2D eigenvalue weighted by atomic mass is 16.5. The van der Waals surface area contributed by atoms with E-state index < -0.39 is 0 Å². The van der Waals surface area contributed by atoms with Gasteiger partial charge in [-0.2, -0.15) is 0 Å². The molecular formula is C22H31N3O3. The van der Waals surface area contributed by atoms with Gasteiger partial charge >= 0.3 is 0 Å². The minimum Gasteiger partial charge on any atom is -0.497 e. The number of methoxy groups -OCH3 is 1. The van der Waals surface area contributed by atoms with Crippen molar-refractivity contribution in [1.82, 2.24) is 9.80 Å². The summed E-state index contributed by atoms with van der Waals surface area (Å²) in [7, 11) is 1.71. The van der Waals surface area contributed by atoms with Crippen LogP contribution in [0.4, 0.5) is 5.69 Å². The van der Waals surface area contributed by atoms with E-state index in [2.05, 4.69) is 26.8 Å². The van der Waals surface area contributed by atoms with E-state index in [0.29, 0.717) is 11.8 Å². The number of piperidine rings is 1. The highest BCUT2D eigenvalue weighted by Gasteiger charge is 2.28. The van der Waals surface area contributed by atoms with Crippen molar-refractivity contribution in [2.45, 2.75) is 32.0 Å². The molecule has 1 aromatic heterocycles. The van der Waals surface area contributed by atoms with Crippen molar-refractivity contribution in [3.63, 3.8) is 0 Å². The maximum atomic E-state index is 9.17. The normalized spacial score (nSPS) is 21.8. The Hall–Kier alpha value is -2.02. The van der Waals surface area contributed by atoms with Crippen LogP contribution in [0.25, 0.3) is 0 Å². The molecular weight excluding hydrogens is 354 g/mol. The standard InChI is InChI=1S/C22H31N3O3/c1-27-20-6-4-18(5-7-20)24-11-13-25(14-12-24)19-3-2-10-23(15-19)16-21-8-9-22(17-26)28-21/h4-9,19,26H,2-3,10-17H2,1H3. The second kappa shape index (κ2) is 8.99. The average Bonchev–Trinajstić information content (AvgIpc) is 3.22. The van der Waals surface area contributed by atoms with E-state index in [1.807, 2.05) is 24.3 Å². The van der Waals surface area contributed by atoms with E-state index in [1.54, 1.807) is 7.11 Å². The fourth-order valence-corrected chi connectivity index (χ4v) is 4.42. The lowest BCUT2D eigenvalue weighted by atomic mass is 10.0. The molecule has 0 bridgehead atoms. The fourth-order valence-electron chi connectivity index (χ4n) is 4.42. The number of ether oxygens (including phenoxy) is 1. The number of anilines is 1. The van der Waals surface area contributed by atoms with Crippen molar-refractivity contribution in [3.05, 3.63) is 47.9 Å². The van der Waals surface area contributed by atoms with Crippen molar-refractivity contribution in [2.24, 2.45) is 0 Å². The van der Waals surface area contributed by atoms with E-state index in [1.165, 1.54) is 18.5 Å². The molecule has 1 unspecified atom stereocenters. The smallest absolute Gasteiger partial charge is 0.129 e. The number of likely N-dealkylation sites (tertiary alicyclic amines) is 1. The van der Waals surface area contributed by atoms with E-state index in [-0.39, 0.29) is 6.61 Å². The van der Waals surface area contributed by atoms with Crippen LogP contribution in [0.3, 0.4) is 0 Å². The third-order valence-electron chi connectivity index (χ3n) is 6.00. The molecule has 0 radical (unpaired) electrons. The van der Waals surface area contributed by atoms with E-state index in [9.17, 15) is 5.11 Å². The summed E-state index contributed by atoms with van der Waals surface area (Å²) >= 11 is 0. The minimum absolute atomic E-state index is 0.0267. The molecule has 1 aromatic carbocycles. The fraction of sp³-hybridized carbons (Fsp3) is 0.545. The maximum Gasteiger partial charge on any atom is 0.129 e. The van der Waals surface area contributed by atoms with Crippen LogP contribution in [-0.2, 0) is 13.2 Å². The number of hydrogen-bond acceptors (Lipinski definition) is 6. The van der Waals surface area contributed by atoms with Crippen LogP contribution in [0, 0.1) is 0 Å². The molecule has 28 heavy (non-hydrogen) atoms. The molecule has 152 valence electrons. The summed E-state index contributed by atoms with van der Waals surface area (Å²) in [6.07, 6.45) is 2.51. The van der Waals surface area contributed by atoms with Crippen LogP contribution in [0.1, 0.15) is 24.4 Å². The van der Waals surface area contributed by atoms with Crippen molar-refractivity contribution in [3.8, 4) is 5.75 Å². The number of benzene rings is 1. The number of piperazine rings is 1. The van der Waals surface area contributed by atoms with Gasteiger partial charge in [-0.3, -0.25) is 9.80 Å². The van der Waals surface area contributed by atoms with Gasteiger partial charge in [0.2, 0.25) is 0 Å². The number of hydrogen-bond donors (Lipinski definition) is 1. The first-order valence-electron chi connectivity index (χ1n) is 10.3. The summed E-state index contributed by atoms with van der Waals surface area (Å²) in [5, 5.41) is 9.17. The lowest BCUT2D eigenvalue weighted by molar-refractivity contribution is 0.0842. The Labute approximate surface area is 167 Å². The van der Waals surface area contributed by atoms with Gasteiger partial charge < -0.3 is 19.2 Å². The molecule has 2 aliphatic heterocycles. The van der Waals surface area contributed by atoms with Crippen LogP contribution in [0.5, 0.6) is 5.75 Å². The van der Waals surface area contributed by atoms with Crippen LogP contribution < -0.4 is 9.64 Å². The highest BCUT2D eigenvalue weighted by molar-refractivity contribution is 5.49. The molecule has 3 heterocycles. The Morgan fingerprint density at radius 3 is 2.43 bits per heavy atom. The van der Waals surface area contributed by atoms with Crippen LogP contribution in [-0.4, -0.2) is 67.3 Å². The molecule has 4 rings (SSSR count). The second-order valence-electron chi connectivity index (χ2n) is 7.78. The van der Waals surface area contributed by atoms with Gasteiger partial charge in [-0.1, -0.05) is 0 Å². The Morgan fingerprint density at radius 2 is 1.75 bits per heavy atom. The number of furan rings is 1. The number of nitrogens with zero attached hydrogens (tertiary/aromatic N) is 3. The first-order chi connectivity index (χ1) is 13.7. The Kier molecular flexibility index (Phi) is 6.20. The third-order valence-corrected chi connectivity index (χ3v) is 6.00. The van der Waals surface area contributed by atoms with Crippen molar-refractivity contribution in [2.75, 3.05) is 51.3 Å². The van der Waals surface area contributed by atoms with Gasteiger partial charge in [0.15, 0.2) is 0 Å². The number of aliphatic hydroxyl groups excluding tert-OH is 1. The molecule has 2 aliphatic rings. The molecule has 0 saturated carbocycles. The summed E-state index contributed by atoms with van der Waals surface area (Å²) < 4.78 is 10.9. The van der Waals surface area contributed by atoms with Crippen LogP contribution in [0.2, 0.25) is 0 Å². The predicted molar refractivity (Wildman–Crippen MR) is 110 cm³/mol. The summed E-state index contributed by atoms with van der Waals surface area (Å²) in [5.41, 5.74) is 1.28. The first-order valence-corrected chi connectivity index (χ1v) is 10.3. The van der Waals surface area contributed by atoms with E-state index in [0.717, 1.165) is 57.3 Å². The summed E-state index contributed by atoms with van der Waals surface area (Å²) in [6, 6.07) is 12.9. The molecule has 2 aromatic rings. The lowest BCUT2D eigenvalue weighted by Gasteiger charge is -2.43. The highest BCUT2D eigenvalue weighted by Crippen LogP contribution is 2.24. The summed E-state index contributed by atoms with van der Waals surface area (Å²) in [5.74, 6) is 2.51. The zero-order chi connectivity index (χ0) is 19.3. The van der Waals surface area contributed by atoms with Crippen LogP contribution >= 0.6 is 0 Å². The molecule has 2 saturated heterocycles. The zero-order valence-corrected chi connectivity index (χ0v) is 16.7. The van der Waals surface area contributed by atoms with Crippen LogP contribution in [0.15, 0.2) is 40.8 Å². The summed E-state index contributed by atoms with van der Waals surface area (Å²) in [4.78, 5) is 7.62. The molecule has 2 fully saturated rings. The van der Waals surface area contributed by atoms with Gasteiger partial charge in [0, 0.05) is 44.5 Å². The topological polar surface area (TPSA) is 52.3 Å². The number of aliphatic hydroxyl groups is 1. The summed E-state index contributed by atoms with van der Waals surface area (Å²) in [6.45, 7) is 7.39. The molecule has 1 N–H and O–H groups in total. The van der Waals surface area contributed by atoms with Crippen molar-refractivity contribution < 1.29 is 14.3 Å². The van der Waals surface area contributed by atoms with Gasteiger partial charge in [-0.25, -0.2) is 0 Å². The quantitative estimate of drug-likeness (QED) is 0.825. The minimum atomic E-state index is -0.0267. The maximum absolute atomic E-state index is 9.17. The predicted octanol–water partition coefficient (Wildman–Crippen LogP) is 2.57. The van der Waals surface area contributed by atoms with Crippen molar-refractivity contribution >= 4 is 5.69 Å². The second-order valence-corrected chi connectivity index (χ2v) is 7.78. The molecule has 6 nitrogen and oxygen atoms in total. The lowest BCUT2D eigenvalue weighted by Crippen LogP contribution is -2.55. The average molecular weight is 386 g/mol. The molecule has 0 spiro atoms. The molecule has 6 heteroatoms. The first kappa shape index (κ1) is 19.3. The number of rotatable bonds is 6. The molecule has 0 aliphatic carbocycles. The van der Waals surface area contributed by atoms with Gasteiger partial charge in [0.05, 0.1) is 13.7 Å². The van der Waals surface area contributed by atoms with Gasteiger partial charge in [-0.05, 0) is 55.8 Å². The Balaban J connectivity index is 1.28.